The summed E-state index contributed by atoms with van der Waals surface area (Å²) in [5, 5.41) is 4.39. The van der Waals surface area contributed by atoms with Crippen molar-refractivity contribution in [2.45, 2.75) is 30.6 Å². The molecule has 142 valence electrons. The van der Waals surface area contributed by atoms with Gasteiger partial charge in [0, 0.05) is 25.6 Å². The van der Waals surface area contributed by atoms with Crippen LogP contribution in [-0.4, -0.2) is 37.3 Å². The molecule has 2 N–H and O–H groups in total. The summed E-state index contributed by atoms with van der Waals surface area (Å²) in [7, 11) is -3.39. The number of aromatic amines is 1. The molecule has 0 radical (unpaired) electrons. The van der Waals surface area contributed by atoms with Crippen LogP contribution in [0, 0.1) is 0 Å². The molecular weight excluding hydrogens is 380 g/mol. The lowest BCUT2D eigenvalue weighted by Gasteiger charge is -2.25. The number of anilines is 1. The fraction of sp³-hybridized carbons (Fsp3) is 0.368. The van der Waals surface area contributed by atoms with Crippen molar-refractivity contribution in [2.24, 2.45) is 0 Å². The van der Waals surface area contributed by atoms with Gasteiger partial charge in [0.05, 0.1) is 21.8 Å². The van der Waals surface area contributed by atoms with E-state index < -0.39 is 10.0 Å². The van der Waals surface area contributed by atoms with Gasteiger partial charge in [0.15, 0.2) is 0 Å². The first-order valence-corrected chi connectivity index (χ1v) is 11.5. The smallest absolute Gasteiger partial charge is 0.272 e. The lowest BCUT2D eigenvalue weighted by atomic mass is 10.2. The molecular formula is C19H23N4O2S2+. The Morgan fingerprint density at radius 2 is 1.93 bits per heavy atom. The first-order valence-electron chi connectivity index (χ1n) is 9.23. The van der Waals surface area contributed by atoms with Crippen LogP contribution in [-0.2, 0) is 16.4 Å². The van der Waals surface area contributed by atoms with Gasteiger partial charge in [-0.25, -0.2) is 18.4 Å². The zero-order valence-electron chi connectivity index (χ0n) is 15.0. The van der Waals surface area contributed by atoms with E-state index >= 15 is 0 Å². The molecule has 1 saturated heterocycles. The second kappa shape index (κ2) is 7.92. The third-order valence-electron chi connectivity index (χ3n) is 4.73. The zero-order valence-corrected chi connectivity index (χ0v) is 16.7. The highest BCUT2D eigenvalue weighted by molar-refractivity contribution is 7.89. The third-order valence-corrected chi connectivity index (χ3v) is 7.72. The number of fused-ring (bicyclic) bond motifs is 1. The molecule has 1 aliphatic heterocycles. The standard InChI is InChI=1S/C19H22N4O2S2/c24-27(25,23-12-4-1-5-13-23)15-8-9-18(21-14-15)20-11-10-19-22-16-6-2-3-7-17(16)26-19/h2-3,6-9,14H,1,4-5,10-13H2,(H,20,21)/p+1. The van der Waals surface area contributed by atoms with E-state index in [1.54, 1.807) is 34.0 Å². The van der Waals surface area contributed by atoms with Crippen LogP contribution in [0.25, 0.3) is 10.2 Å². The summed E-state index contributed by atoms with van der Waals surface area (Å²) < 4.78 is 28.1. The number of nitrogens with zero attached hydrogens (tertiary/aromatic N) is 2. The number of nitrogens with one attached hydrogen (secondary N) is 2. The van der Waals surface area contributed by atoms with Crippen LogP contribution in [0.5, 0.6) is 0 Å². The number of rotatable bonds is 6. The number of hydrogen-bond donors (Lipinski definition) is 1. The van der Waals surface area contributed by atoms with E-state index in [1.807, 2.05) is 18.2 Å². The molecule has 0 unspecified atom stereocenters. The van der Waals surface area contributed by atoms with Crippen molar-refractivity contribution in [3.05, 3.63) is 47.6 Å². The predicted molar refractivity (Wildman–Crippen MR) is 107 cm³/mol. The van der Waals surface area contributed by atoms with Crippen molar-refractivity contribution >= 4 is 37.4 Å². The molecule has 3 aromatic rings. The lowest BCUT2D eigenvalue weighted by Crippen LogP contribution is -2.36. The van der Waals surface area contributed by atoms with E-state index in [9.17, 15) is 8.42 Å². The summed E-state index contributed by atoms with van der Waals surface area (Å²) in [5.41, 5.74) is 1.04. The average molecular weight is 404 g/mol. The second-order valence-corrected chi connectivity index (χ2v) is 9.71. The minimum absolute atomic E-state index is 0.320. The number of piperidine rings is 1. The fourth-order valence-electron chi connectivity index (χ4n) is 3.27. The molecule has 0 aliphatic carbocycles. The zero-order chi connectivity index (χ0) is 18.7. The number of H-pyrrole nitrogens is 1. The predicted octanol–water partition coefficient (Wildman–Crippen LogP) is 2.94. The normalized spacial score (nSPS) is 15.9. The van der Waals surface area contributed by atoms with Gasteiger partial charge in [0.25, 0.3) is 5.82 Å². The van der Waals surface area contributed by atoms with E-state index in [2.05, 4.69) is 21.4 Å². The number of benzene rings is 1. The van der Waals surface area contributed by atoms with Gasteiger partial charge in [-0.05, 0) is 31.0 Å². The Hall–Kier alpha value is -2.03. The first kappa shape index (κ1) is 18.3. The Kier molecular flexibility index (Phi) is 5.38. The molecule has 4 rings (SSSR count). The minimum Gasteiger partial charge on any atom is -0.274 e. The minimum atomic E-state index is -3.39. The number of hydrogen-bond acceptors (Lipinski definition) is 5. The quantitative estimate of drug-likeness (QED) is 0.687. The highest BCUT2D eigenvalue weighted by Gasteiger charge is 2.26. The molecule has 0 bridgehead atoms. The molecule has 6 nitrogen and oxygen atoms in total. The van der Waals surface area contributed by atoms with Gasteiger partial charge in [0.1, 0.15) is 11.1 Å². The van der Waals surface area contributed by atoms with Crippen LogP contribution >= 0.6 is 11.3 Å². The van der Waals surface area contributed by atoms with E-state index in [4.69, 9.17) is 0 Å². The van der Waals surface area contributed by atoms with Gasteiger partial charge in [0.2, 0.25) is 10.0 Å². The van der Waals surface area contributed by atoms with Gasteiger partial charge in [-0.2, -0.15) is 4.31 Å². The molecule has 0 saturated carbocycles. The SMILES string of the molecule is O=S(=O)(c1ccc(NCCc2nc3ccccc3s2)[nH+]c1)N1CCCCC1. The van der Waals surface area contributed by atoms with Gasteiger partial charge in [-0.15, -0.1) is 11.3 Å². The van der Waals surface area contributed by atoms with Crippen LogP contribution in [0.15, 0.2) is 47.5 Å². The number of para-hydroxylation sites is 1. The van der Waals surface area contributed by atoms with E-state index in [-0.39, 0.29) is 0 Å². The number of thiazole rings is 1. The Labute approximate surface area is 163 Å². The molecule has 2 aromatic heterocycles. The maximum absolute atomic E-state index is 12.7. The van der Waals surface area contributed by atoms with E-state index in [1.165, 1.54) is 4.70 Å². The summed E-state index contributed by atoms with van der Waals surface area (Å²) in [5.74, 6) is 0.800. The topological polar surface area (TPSA) is 76.4 Å². The molecule has 0 spiro atoms. The number of aromatic nitrogens is 2. The maximum atomic E-state index is 12.7. The van der Waals surface area contributed by atoms with Gasteiger partial charge in [-0.1, -0.05) is 18.6 Å². The van der Waals surface area contributed by atoms with Crippen LogP contribution in [0.4, 0.5) is 5.82 Å². The van der Waals surface area contributed by atoms with Crippen molar-refractivity contribution in [1.29, 1.82) is 0 Å². The summed E-state index contributed by atoms with van der Waals surface area (Å²) >= 11 is 1.71. The summed E-state index contributed by atoms with van der Waals surface area (Å²) in [6.45, 7) is 1.96. The van der Waals surface area contributed by atoms with Crippen molar-refractivity contribution < 1.29 is 13.4 Å². The van der Waals surface area contributed by atoms with Crippen molar-refractivity contribution in [3.63, 3.8) is 0 Å². The highest BCUT2D eigenvalue weighted by atomic mass is 32.2. The third kappa shape index (κ3) is 4.12. The van der Waals surface area contributed by atoms with Crippen LogP contribution < -0.4 is 10.3 Å². The molecule has 3 heterocycles. The van der Waals surface area contributed by atoms with Crippen molar-refractivity contribution in [1.82, 2.24) is 9.29 Å². The summed E-state index contributed by atoms with van der Waals surface area (Å²) in [6, 6.07) is 11.6. The average Bonchev–Trinajstić information content (AvgIpc) is 3.12. The molecule has 1 fully saturated rings. The fourth-order valence-corrected chi connectivity index (χ4v) is 5.72. The Balaban J connectivity index is 1.36. The largest absolute Gasteiger partial charge is 0.274 e. The highest BCUT2D eigenvalue weighted by Crippen LogP contribution is 2.22. The van der Waals surface area contributed by atoms with Crippen LogP contribution in [0.2, 0.25) is 0 Å². The number of sulfonamides is 1. The van der Waals surface area contributed by atoms with Crippen molar-refractivity contribution in [2.75, 3.05) is 25.0 Å². The first-order chi connectivity index (χ1) is 13.1. The lowest BCUT2D eigenvalue weighted by molar-refractivity contribution is -0.364. The number of pyridine rings is 1. The maximum Gasteiger partial charge on any atom is 0.272 e. The molecule has 0 amide bonds. The molecule has 1 aromatic carbocycles. The molecule has 8 heteroatoms. The Morgan fingerprint density at radius 3 is 2.67 bits per heavy atom. The van der Waals surface area contributed by atoms with Crippen molar-refractivity contribution in [3.8, 4) is 0 Å². The summed E-state index contributed by atoms with van der Waals surface area (Å²) in [6.07, 6.45) is 5.38. The molecule has 1 aliphatic rings. The Morgan fingerprint density at radius 1 is 1.11 bits per heavy atom. The molecule has 0 atom stereocenters. The summed E-state index contributed by atoms with van der Waals surface area (Å²) in [4.78, 5) is 8.01. The molecule has 27 heavy (non-hydrogen) atoms. The monoisotopic (exact) mass is 403 g/mol. The second-order valence-electron chi connectivity index (χ2n) is 6.65. The van der Waals surface area contributed by atoms with Crippen LogP contribution in [0.1, 0.15) is 24.3 Å². The van der Waals surface area contributed by atoms with Gasteiger partial charge in [-0.3, -0.25) is 5.32 Å². The van der Waals surface area contributed by atoms with Crippen LogP contribution in [0.3, 0.4) is 0 Å². The Bertz CT molecular complexity index is 977. The van der Waals surface area contributed by atoms with E-state index in [0.717, 1.165) is 48.6 Å². The van der Waals surface area contributed by atoms with Gasteiger partial charge >= 0.3 is 0 Å². The van der Waals surface area contributed by atoms with E-state index in [0.29, 0.717) is 18.0 Å². The van der Waals surface area contributed by atoms with Gasteiger partial charge < -0.3 is 0 Å².